The number of nitrogens with zero attached hydrogens (tertiary/aromatic N) is 5. The molecule has 2 aromatic heterocycles. The molecule has 9 heteroatoms. The fraction of sp³-hybridized carbons (Fsp3) is 0.739. The second-order valence-electron chi connectivity index (χ2n) is 9.19. The Morgan fingerprint density at radius 2 is 1.53 bits per heavy atom. The van der Waals surface area contributed by atoms with Crippen LogP contribution in [0, 0.1) is 0 Å². The molecule has 1 amide bonds. The van der Waals surface area contributed by atoms with Crippen molar-refractivity contribution < 1.29 is 4.79 Å². The first-order valence-electron chi connectivity index (χ1n) is 12.0. The molecule has 0 spiro atoms. The van der Waals surface area contributed by atoms with Gasteiger partial charge in [0.2, 0.25) is 5.91 Å². The second kappa shape index (κ2) is 9.85. The molecule has 2 aliphatic rings. The number of aryl methyl sites for hydroxylation is 2. The quantitative estimate of drug-likeness (QED) is 0.618. The Morgan fingerprint density at radius 3 is 2.06 bits per heavy atom. The van der Waals surface area contributed by atoms with Gasteiger partial charge in [0.15, 0.2) is 16.3 Å². The van der Waals surface area contributed by atoms with Crippen molar-refractivity contribution in [2.24, 2.45) is 14.1 Å². The summed E-state index contributed by atoms with van der Waals surface area (Å²) in [4.78, 5) is 45.4. The summed E-state index contributed by atoms with van der Waals surface area (Å²) in [5.74, 6) is 0.496. The van der Waals surface area contributed by atoms with Gasteiger partial charge in [-0.2, -0.15) is 0 Å². The number of carbonyl (C=O) groups excluding carboxylic acids is 1. The van der Waals surface area contributed by atoms with E-state index in [4.69, 9.17) is 0 Å². The minimum Gasteiger partial charge on any atom is -0.336 e. The number of rotatable bonds is 6. The Balaban J connectivity index is 1.60. The van der Waals surface area contributed by atoms with Crippen LogP contribution in [0.15, 0.2) is 14.7 Å². The predicted octanol–water partition coefficient (Wildman–Crippen LogP) is 3.04. The molecule has 0 unspecified atom stereocenters. The van der Waals surface area contributed by atoms with Crippen LogP contribution in [-0.4, -0.2) is 47.3 Å². The van der Waals surface area contributed by atoms with Crippen LogP contribution in [0.4, 0.5) is 0 Å². The van der Waals surface area contributed by atoms with E-state index in [1.165, 1.54) is 61.9 Å². The standard InChI is InChI=1S/C23H35N5O3S/c1-4-27-19-20(25(2)23(31)26(3)21(19)30)24-22(27)32-15-18(29)28(16-11-7-5-8-12-16)17-13-9-6-10-14-17/h16-17H,4-15H2,1-3H3. The Labute approximate surface area is 193 Å². The average molecular weight is 462 g/mol. The number of aromatic nitrogens is 4. The average Bonchev–Trinajstić information content (AvgIpc) is 3.20. The molecule has 4 rings (SSSR count). The molecule has 0 aliphatic heterocycles. The minimum atomic E-state index is -0.392. The van der Waals surface area contributed by atoms with E-state index >= 15 is 0 Å². The summed E-state index contributed by atoms with van der Waals surface area (Å²) in [7, 11) is 3.12. The summed E-state index contributed by atoms with van der Waals surface area (Å²) in [6.45, 7) is 2.50. The fourth-order valence-corrected chi connectivity index (χ4v) is 6.38. The highest BCUT2D eigenvalue weighted by Crippen LogP contribution is 2.31. The smallest absolute Gasteiger partial charge is 0.332 e. The van der Waals surface area contributed by atoms with Gasteiger partial charge in [0.1, 0.15) is 0 Å². The Bertz CT molecular complexity index is 1070. The van der Waals surface area contributed by atoms with Crippen molar-refractivity contribution in [2.45, 2.75) is 94.9 Å². The van der Waals surface area contributed by atoms with Crippen molar-refractivity contribution in [1.82, 2.24) is 23.6 Å². The molecule has 0 atom stereocenters. The predicted molar refractivity (Wildman–Crippen MR) is 127 cm³/mol. The van der Waals surface area contributed by atoms with Crippen LogP contribution in [0.2, 0.25) is 0 Å². The van der Waals surface area contributed by atoms with E-state index in [0.717, 1.165) is 30.3 Å². The summed E-state index contributed by atoms with van der Waals surface area (Å²) >= 11 is 1.39. The number of imidazole rings is 1. The molecule has 0 aromatic carbocycles. The number of hydrogen-bond acceptors (Lipinski definition) is 5. The SMILES string of the molecule is CCn1c(SCC(=O)N(C2CCCCC2)C2CCCCC2)nc2c1c(=O)n(C)c(=O)n2C. The molecule has 0 radical (unpaired) electrons. The molecule has 0 bridgehead atoms. The maximum absolute atomic E-state index is 13.5. The zero-order valence-corrected chi connectivity index (χ0v) is 20.3. The molecule has 2 aliphatic carbocycles. The lowest BCUT2D eigenvalue weighted by Crippen LogP contribution is -2.49. The molecular formula is C23H35N5O3S. The van der Waals surface area contributed by atoms with Gasteiger partial charge >= 0.3 is 5.69 Å². The van der Waals surface area contributed by atoms with E-state index in [-0.39, 0.29) is 11.5 Å². The number of thioether (sulfide) groups is 1. The first-order valence-corrected chi connectivity index (χ1v) is 13.0. The van der Waals surface area contributed by atoms with Crippen LogP contribution in [0.5, 0.6) is 0 Å². The molecule has 32 heavy (non-hydrogen) atoms. The monoisotopic (exact) mass is 461 g/mol. The minimum absolute atomic E-state index is 0.185. The van der Waals surface area contributed by atoms with Crippen LogP contribution in [0.1, 0.15) is 71.1 Å². The van der Waals surface area contributed by atoms with Crippen LogP contribution in [-0.2, 0) is 25.4 Å². The number of amides is 1. The van der Waals surface area contributed by atoms with E-state index in [1.807, 2.05) is 11.5 Å². The van der Waals surface area contributed by atoms with Gasteiger partial charge in [-0.15, -0.1) is 0 Å². The van der Waals surface area contributed by atoms with E-state index in [1.54, 1.807) is 7.05 Å². The van der Waals surface area contributed by atoms with Crippen LogP contribution in [0.3, 0.4) is 0 Å². The van der Waals surface area contributed by atoms with Crippen molar-refractivity contribution in [3.8, 4) is 0 Å². The van der Waals surface area contributed by atoms with Crippen molar-refractivity contribution in [1.29, 1.82) is 0 Å². The van der Waals surface area contributed by atoms with Crippen LogP contribution >= 0.6 is 11.8 Å². The highest BCUT2D eigenvalue weighted by atomic mass is 32.2. The molecule has 2 saturated carbocycles. The Hall–Kier alpha value is -2.03. The first kappa shape index (κ1) is 23.1. The third-order valence-electron chi connectivity index (χ3n) is 7.18. The topological polar surface area (TPSA) is 82.1 Å². The lowest BCUT2D eigenvalue weighted by molar-refractivity contribution is -0.135. The molecule has 8 nitrogen and oxygen atoms in total. The van der Waals surface area contributed by atoms with Gasteiger partial charge in [0, 0.05) is 32.7 Å². The van der Waals surface area contributed by atoms with E-state index in [0.29, 0.717) is 40.7 Å². The van der Waals surface area contributed by atoms with Crippen LogP contribution < -0.4 is 11.2 Å². The lowest BCUT2D eigenvalue weighted by Gasteiger charge is -2.41. The number of carbonyl (C=O) groups is 1. The zero-order chi connectivity index (χ0) is 22.8. The van der Waals surface area contributed by atoms with Crippen molar-refractivity contribution in [3.05, 3.63) is 20.8 Å². The lowest BCUT2D eigenvalue weighted by atomic mass is 9.88. The maximum atomic E-state index is 13.5. The third kappa shape index (κ3) is 4.28. The first-order chi connectivity index (χ1) is 15.4. The molecule has 0 saturated heterocycles. The highest BCUT2D eigenvalue weighted by Gasteiger charge is 2.32. The maximum Gasteiger partial charge on any atom is 0.332 e. The summed E-state index contributed by atoms with van der Waals surface area (Å²) in [5, 5.41) is 0.626. The molecule has 2 fully saturated rings. The van der Waals surface area contributed by atoms with Gasteiger partial charge in [0.05, 0.1) is 5.75 Å². The summed E-state index contributed by atoms with van der Waals surface area (Å²) < 4.78 is 4.36. The van der Waals surface area contributed by atoms with Gasteiger partial charge in [-0.25, -0.2) is 9.78 Å². The van der Waals surface area contributed by atoms with Gasteiger partial charge in [0.25, 0.3) is 5.56 Å². The molecular weight excluding hydrogens is 426 g/mol. The van der Waals surface area contributed by atoms with Gasteiger partial charge in [-0.3, -0.25) is 18.7 Å². The summed E-state index contributed by atoms with van der Waals surface area (Å²) in [6, 6.07) is 0.719. The third-order valence-corrected chi connectivity index (χ3v) is 8.14. The fourth-order valence-electron chi connectivity index (χ4n) is 5.45. The van der Waals surface area contributed by atoms with Crippen molar-refractivity contribution in [3.63, 3.8) is 0 Å². The number of hydrogen-bond donors (Lipinski definition) is 0. The Morgan fingerprint density at radius 1 is 0.969 bits per heavy atom. The molecule has 2 heterocycles. The molecule has 0 N–H and O–H groups in total. The van der Waals surface area contributed by atoms with Crippen molar-refractivity contribution in [2.75, 3.05) is 5.75 Å². The van der Waals surface area contributed by atoms with Gasteiger partial charge < -0.3 is 9.47 Å². The van der Waals surface area contributed by atoms with Crippen molar-refractivity contribution >= 4 is 28.8 Å². The van der Waals surface area contributed by atoms with E-state index < -0.39 is 5.69 Å². The van der Waals surface area contributed by atoms with Crippen LogP contribution in [0.25, 0.3) is 11.2 Å². The van der Waals surface area contributed by atoms with Gasteiger partial charge in [-0.1, -0.05) is 50.3 Å². The highest BCUT2D eigenvalue weighted by molar-refractivity contribution is 7.99. The molecule has 2 aromatic rings. The van der Waals surface area contributed by atoms with E-state index in [2.05, 4.69) is 9.88 Å². The summed E-state index contributed by atoms with van der Waals surface area (Å²) in [6.07, 6.45) is 11.8. The Kier molecular flexibility index (Phi) is 7.12. The molecule has 176 valence electrons. The summed E-state index contributed by atoms with van der Waals surface area (Å²) in [5.41, 5.74) is 0.0631. The zero-order valence-electron chi connectivity index (χ0n) is 19.5. The normalized spacial score (nSPS) is 18.3. The second-order valence-corrected chi connectivity index (χ2v) is 10.1. The van der Waals surface area contributed by atoms with E-state index in [9.17, 15) is 14.4 Å². The van der Waals surface area contributed by atoms with Gasteiger partial charge in [-0.05, 0) is 32.6 Å². The largest absolute Gasteiger partial charge is 0.336 e. The number of fused-ring (bicyclic) bond motifs is 1.